The third-order valence-electron chi connectivity index (χ3n) is 3.65. The molecular weight excluding hydrogens is 252 g/mol. The van der Waals surface area contributed by atoms with Gasteiger partial charge in [0.2, 0.25) is 6.29 Å². The van der Waals surface area contributed by atoms with Crippen LogP contribution in [-0.4, -0.2) is 18.9 Å². The van der Waals surface area contributed by atoms with E-state index >= 15 is 0 Å². The van der Waals surface area contributed by atoms with Crippen LogP contribution in [0.1, 0.15) is 77.6 Å². The SMILES string of the molecule is CCCCCCCCCCCCCOC1C=CC(=O)O1. The van der Waals surface area contributed by atoms with Gasteiger partial charge in [0.05, 0.1) is 6.61 Å². The molecule has 0 amide bonds. The molecule has 0 aromatic rings. The third-order valence-corrected chi connectivity index (χ3v) is 3.65. The van der Waals surface area contributed by atoms with Gasteiger partial charge in [-0.3, -0.25) is 0 Å². The van der Waals surface area contributed by atoms with E-state index in [0.29, 0.717) is 6.61 Å². The first-order valence-corrected chi connectivity index (χ1v) is 8.33. The van der Waals surface area contributed by atoms with Gasteiger partial charge >= 0.3 is 5.97 Å². The van der Waals surface area contributed by atoms with Gasteiger partial charge in [-0.15, -0.1) is 0 Å². The second kappa shape index (κ2) is 12.0. The number of rotatable bonds is 13. The number of hydrogen-bond donors (Lipinski definition) is 0. The molecule has 20 heavy (non-hydrogen) atoms. The number of unbranched alkanes of at least 4 members (excludes halogenated alkanes) is 10. The Bertz CT molecular complexity index is 273. The smallest absolute Gasteiger partial charge is 0.333 e. The summed E-state index contributed by atoms with van der Waals surface area (Å²) < 4.78 is 10.3. The number of esters is 1. The van der Waals surface area contributed by atoms with E-state index in [-0.39, 0.29) is 5.97 Å². The summed E-state index contributed by atoms with van der Waals surface area (Å²) in [5, 5.41) is 0. The summed E-state index contributed by atoms with van der Waals surface area (Å²) in [5.41, 5.74) is 0. The summed E-state index contributed by atoms with van der Waals surface area (Å²) >= 11 is 0. The number of carbonyl (C=O) groups is 1. The van der Waals surface area contributed by atoms with E-state index in [1.807, 2.05) is 0 Å². The quantitative estimate of drug-likeness (QED) is 0.361. The highest BCUT2D eigenvalue weighted by Gasteiger charge is 2.15. The highest BCUT2D eigenvalue weighted by molar-refractivity contribution is 5.84. The fourth-order valence-corrected chi connectivity index (χ4v) is 2.41. The summed E-state index contributed by atoms with van der Waals surface area (Å²) in [7, 11) is 0. The summed E-state index contributed by atoms with van der Waals surface area (Å²) in [6.45, 7) is 2.94. The number of ether oxygens (including phenoxy) is 2. The minimum absolute atomic E-state index is 0.297. The van der Waals surface area contributed by atoms with Gasteiger partial charge in [0, 0.05) is 6.08 Å². The molecule has 1 atom stereocenters. The van der Waals surface area contributed by atoms with Crippen molar-refractivity contribution >= 4 is 5.97 Å². The average Bonchev–Trinajstić information content (AvgIpc) is 2.86. The Morgan fingerprint density at radius 3 is 2.00 bits per heavy atom. The molecule has 1 rings (SSSR count). The number of cyclic esters (lactones) is 1. The predicted octanol–water partition coefficient (Wildman–Crippen LogP) is 4.75. The van der Waals surface area contributed by atoms with E-state index in [1.54, 1.807) is 6.08 Å². The molecule has 0 saturated heterocycles. The van der Waals surface area contributed by atoms with Crippen molar-refractivity contribution in [1.29, 1.82) is 0 Å². The van der Waals surface area contributed by atoms with Gasteiger partial charge in [-0.2, -0.15) is 0 Å². The second-order valence-electron chi connectivity index (χ2n) is 5.57. The largest absolute Gasteiger partial charge is 0.429 e. The fraction of sp³-hybridized carbons (Fsp3) is 0.824. The van der Waals surface area contributed by atoms with E-state index in [4.69, 9.17) is 9.47 Å². The molecule has 3 nitrogen and oxygen atoms in total. The molecule has 0 N–H and O–H groups in total. The lowest BCUT2D eigenvalue weighted by molar-refractivity contribution is -0.158. The Morgan fingerprint density at radius 1 is 0.950 bits per heavy atom. The van der Waals surface area contributed by atoms with Gasteiger partial charge in [0.25, 0.3) is 0 Å². The first-order valence-electron chi connectivity index (χ1n) is 8.33. The molecule has 116 valence electrons. The minimum Gasteiger partial charge on any atom is -0.429 e. The minimum atomic E-state index is -0.439. The molecule has 0 aliphatic carbocycles. The third kappa shape index (κ3) is 9.13. The van der Waals surface area contributed by atoms with Crippen LogP contribution in [0.5, 0.6) is 0 Å². The van der Waals surface area contributed by atoms with E-state index in [9.17, 15) is 4.79 Å². The van der Waals surface area contributed by atoms with E-state index < -0.39 is 6.29 Å². The van der Waals surface area contributed by atoms with Crippen molar-refractivity contribution in [3.8, 4) is 0 Å². The molecule has 0 saturated carbocycles. The Hall–Kier alpha value is -0.830. The van der Waals surface area contributed by atoms with Gasteiger partial charge in [0.1, 0.15) is 0 Å². The zero-order chi connectivity index (χ0) is 14.5. The molecule has 0 aromatic heterocycles. The molecule has 0 spiro atoms. The molecule has 1 aliphatic heterocycles. The van der Waals surface area contributed by atoms with Crippen LogP contribution in [0.4, 0.5) is 0 Å². The zero-order valence-corrected chi connectivity index (χ0v) is 12.9. The summed E-state index contributed by atoms with van der Waals surface area (Å²) in [4.78, 5) is 10.8. The molecule has 0 fully saturated rings. The Kier molecular flexibility index (Phi) is 10.3. The van der Waals surface area contributed by atoms with Crippen LogP contribution < -0.4 is 0 Å². The standard InChI is InChI=1S/C17H30O3/c1-2-3-4-5-6-7-8-9-10-11-12-15-19-17-14-13-16(18)20-17/h13-14,17H,2-12,15H2,1H3. The van der Waals surface area contributed by atoms with Crippen molar-refractivity contribution in [3.05, 3.63) is 12.2 Å². The van der Waals surface area contributed by atoms with E-state index in [0.717, 1.165) is 6.42 Å². The maximum Gasteiger partial charge on any atom is 0.333 e. The molecule has 1 unspecified atom stereocenters. The van der Waals surface area contributed by atoms with Gasteiger partial charge in [-0.1, -0.05) is 71.1 Å². The predicted molar refractivity (Wildman–Crippen MR) is 81.4 cm³/mol. The van der Waals surface area contributed by atoms with Crippen LogP contribution in [0, 0.1) is 0 Å². The van der Waals surface area contributed by atoms with Gasteiger partial charge in [-0.05, 0) is 12.5 Å². The summed E-state index contributed by atoms with van der Waals surface area (Å²) in [5.74, 6) is -0.297. The molecule has 3 heteroatoms. The van der Waals surface area contributed by atoms with Crippen LogP contribution in [0.25, 0.3) is 0 Å². The first kappa shape index (κ1) is 17.2. The van der Waals surface area contributed by atoms with Crippen molar-refractivity contribution in [3.63, 3.8) is 0 Å². The van der Waals surface area contributed by atoms with Crippen molar-refractivity contribution in [1.82, 2.24) is 0 Å². The maximum absolute atomic E-state index is 10.8. The maximum atomic E-state index is 10.8. The lowest BCUT2D eigenvalue weighted by atomic mass is 10.1. The molecule has 0 radical (unpaired) electrons. The molecule has 1 aliphatic rings. The number of carbonyl (C=O) groups excluding carboxylic acids is 1. The van der Waals surface area contributed by atoms with Crippen LogP contribution in [-0.2, 0) is 14.3 Å². The average molecular weight is 282 g/mol. The van der Waals surface area contributed by atoms with Crippen LogP contribution >= 0.6 is 0 Å². The molecule has 1 heterocycles. The van der Waals surface area contributed by atoms with E-state index in [1.165, 1.54) is 70.3 Å². The Labute approximate surface area is 123 Å². The Morgan fingerprint density at radius 2 is 1.50 bits per heavy atom. The van der Waals surface area contributed by atoms with Crippen molar-refractivity contribution < 1.29 is 14.3 Å². The van der Waals surface area contributed by atoms with Crippen LogP contribution in [0.15, 0.2) is 12.2 Å². The molecular formula is C17H30O3. The highest BCUT2D eigenvalue weighted by atomic mass is 16.7. The van der Waals surface area contributed by atoms with Gasteiger partial charge < -0.3 is 9.47 Å². The highest BCUT2D eigenvalue weighted by Crippen LogP contribution is 2.12. The lowest BCUT2D eigenvalue weighted by Crippen LogP contribution is -2.12. The normalized spacial score (nSPS) is 17.6. The Balaban J connectivity index is 1.72. The van der Waals surface area contributed by atoms with Crippen molar-refractivity contribution in [2.45, 2.75) is 83.8 Å². The van der Waals surface area contributed by atoms with Gasteiger partial charge in [-0.25, -0.2) is 4.79 Å². The molecule has 0 aromatic carbocycles. The van der Waals surface area contributed by atoms with Crippen molar-refractivity contribution in [2.24, 2.45) is 0 Å². The van der Waals surface area contributed by atoms with Crippen molar-refractivity contribution in [2.75, 3.05) is 6.61 Å². The number of hydrogen-bond acceptors (Lipinski definition) is 3. The van der Waals surface area contributed by atoms with Crippen LogP contribution in [0.3, 0.4) is 0 Å². The monoisotopic (exact) mass is 282 g/mol. The van der Waals surface area contributed by atoms with E-state index in [2.05, 4.69) is 6.92 Å². The first-order chi connectivity index (χ1) is 9.83. The fourth-order valence-electron chi connectivity index (χ4n) is 2.41. The lowest BCUT2D eigenvalue weighted by Gasteiger charge is -2.09. The topological polar surface area (TPSA) is 35.5 Å². The zero-order valence-electron chi connectivity index (χ0n) is 12.9. The molecule has 0 bridgehead atoms. The summed E-state index contributed by atoms with van der Waals surface area (Å²) in [6, 6.07) is 0. The summed E-state index contributed by atoms with van der Waals surface area (Å²) in [6.07, 6.45) is 17.3. The van der Waals surface area contributed by atoms with Gasteiger partial charge in [0.15, 0.2) is 0 Å². The second-order valence-corrected chi connectivity index (χ2v) is 5.57. The van der Waals surface area contributed by atoms with Crippen LogP contribution in [0.2, 0.25) is 0 Å².